The van der Waals surface area contributed by atoms with E-state index >= 15 is 0 Å². The number of aliphatic imine (C=N–C) groups is 2. The highest BCUT2D eigenvalue weighted by atomic mass is 31.0. The molecule has 0 aliphatic carbocycles. The summed E-state index contributed by atoms with van der Waals surface area (Å²) in [6.07, 6.45) is 11.6. The van der Waals surface area contributed by atoms with Gasteiger partial charge in [0.2, 0.25) is 5.95 Å². The van der Waals surface area contributed by atoms with Crippen molar-refractivity contribution in [1.29, 1.82) is 0 Å². The lowest BCUT2D eigenvalue weighted by Crippen LogP contribution is -2.39. The molecule has 1 fully saturated rings. The molecule has 9 nitrogen and oxygen atoms in total. The van der Waals surface area contributed by atoms with Gasteiger partial charge in [0.05, 0.1) is 25.0 Å². The van der Waals surface area contributed by atoms with Crippen molar-refractivity contribution in [2.45, 2.75) is 38.8 Å². The van der Waals surface area contributed by atoms with Gasteiger partial charge in [-0.05, 0) is 18.8 Å². The summed E-state index contributed by atoms with van der Waals surface area (Å²) in [5, 5.41) is 12.1. The Labute approximate surface area is 224 Å². The van der Waals surface area contributed by atoms with Crippen LogP contribution in [0.4, 0.5) is 14.7 Å². The molecule has 1 saturated heterocycles. The third-order valence-electron chi connectivity index (χ3n) is 6.34. The monoisotopic (exact) mass is 547 g/mol. The fourth-order valence-electron chi connectivity index (χ4n) is 4.37. The third-order valence-corrected chi connectivity index (χ3v) is 6.67. The van der Waals surface area contributed by atoms with Gasteiger partial charge in [0.15, 0.2) is 0 Å². The molecular weight excluding hydrogens is 511 g/mol. The van der Waals surface area contributed by atoms with Crippen molar-refractivity contribution in [3.05, 3.63) is 48.0 Å². The molecule has 0 radical (unpaired) electrons. The van der Waals surface area contributed by atoms with Gasteiger partial charge in [-0.3, -0.25) is 14.8 Å². The van der Waals surface area contributed by atoms with E-state index in [2.05, 4.69) is 30.2 Å². The van der Waals surface area contributed by atoms with Crippen LogP contribution in [0.2, 0.25) is 0 Å². The number of hydrogen-bond donors (Lipinski definition) is 2. The van der Waals surface area contributed by atoms with E-state index < -0.39 is 11.6 Å². The van der Waals surface area contributed by atoms with Crippen LogP contribution in [0.5, 0.6) is 0 Å². The molecule has 4 heterocycles. The lowest BCUT2D eigenvalue weighted by molar-refractivity contribution is -0.138. The standard InChI is InChI=1S/C24H30F2N7O2P.C2H6/c1-32-15-19(22-27-7-2-3-18(4-8-28-22)24(25,26)36)29-14-20(32)17-12-30-23(31-13-17)33-9-5-16(6-10-33)11-21(34)35;1-2/h2-4,12-14,16H,5-11,15,36H2,1H3,(H,27,28)(H,34,35);1-2H3/b3-2-,18-4+;. The van der Waals surface area contributed by atoms with Crippen molar-refractivity contribution < 1.29 is 18.7 Å². The Morgan fingerprint density at radius 2 is 1.92 bits per heavy atom. The second kappa shape index (κ2) is 13.6. The Balaban J connectivity index is 0.00000195. The van der Waals surface area contributed by atoms with Gasteiger partial charge in [0.25, 0.3) is 5.66 Å². The topological polar surface area (TPSA) is 106 Å². The zero-order valence-corrected chi connectivity index (χ0v) is 23.2. The number of aromatic nitrogens is 2. The van der Waals surface area contributed by atoms with Crippen LogP contribution in [0.25, 0.3) is 5.70 Å². The minimum absolute atomic E-state index is 0.0746. The molecule has 38 heavy (non-hydrogen) atoms. The van der Waals surface area contributed by atoms with E-state index in [1.165, 1.54) is 12.2 Å². The molecule has 0 spiro atoms. The molecule has 3 aliphatic heterocycles. The van der Waals surface area contributed by atoms with Crippen LogP contribution in [0.15, 0.2) is 52.4 Å². The number of nitrogens with zero attached hydrogens (tertiary/aromatic N) is 6. The molecule has 0 amide bonds. The molecule has 4 rings (SSSR count). The van der Waals surface area contributed by atoms with Crippen LogP contribution < -0.4 is 10.2 Å². The Bertz CT molecular complexity index is 1120. The molecule has 1 unspecified atom stereocenters. The normalized spacial score (nSPS) is 21.1. The van der Waals surface area contributed by atoms with Gasteiger partial charge in [-0.2, -0.15) is 8.78 Å². The molecule has 3 aliphatic rings. The number of carboxylic acid groups (broad SMARTS) is 1. The second-order valence-corrected chi connectivity index (χ2v) is 9.73. The quantitative estimate of drug-likeness (QED) is 0.522. The molecule has 12 heteroatoms. The molecular formula is C26H36F2N7O2P. The number of nitrogens with one attached hydrogen (secondary N) is 1. The second-order valence-electron chi connectivity index (χ2n) is 9.00. The Kier molecular flexibility index (Phi) is 10.5. The predicted molar refractivity (Wildman–Crippen MR) is 151 cm³/mol. The first-order valence-corrected chi connectivity index (χ1v) is 13.4. The highest BCUT2D eigenvalue weighted by Gasteiger charge is 2.26. The summed E-state index contributed by atoms with van der Waals surface area (Å²) in [5.74, 6) is 0.662. The van der Waals surface area contributed by atoms with Gasteiger partial charge in [0.1, 0.15) is 11.5 Å². The highest BCUT2D eigenvalue weighted by Crippen LogP contribution is 2.32. The maximum absolute atomic E-state index is 13.7. The maximum Gasteiger partial charge on any atom is 0.303 e. The van der Waals surface area contributed by atoms with Crippen molar-refractivity contribution in [1.82, 2.24) is 20.2 Å². The molecule has 1 atom stereocenters. The highest BCUT2D eigenvalue weighted by molar-refractivity contribution is 7.18. The van der Waals surface area contributed by atoms with E-state index in [1.807, 2.05) is 25.8 Å². The van der Waals surface area contributed by atoms with E-state index in [0.29, 0.717) is 24.0 Å². The Morgan fingerprint density at radius 3 is 2.53 bits per heavy atom. The number of carboxylic acids is 1. The number of halogens is 2. The number of alkyl halides is 2. The summed E-state index contributed by atoms with van der Waals surface area (Å²) in [5.41, 5.74) is -0.663. The van der Waals surface area contributed by atoms with Gasteiger partial charge in [-0.1, -0.05) is 41.3 Å². The van der Waals surface area contributed by atoms with Crippen LogP contribution >= 0.6 is 9.24 Å². The average molecular weight is 548 g/mol. The van der Waals surface area contributed by atoms with Crippen LogP contribution in [0, 0.1) is 5.92 Å². The van der Waals surface area contributed by atoms with E-state index in [9.17, 15) is 13.6 Å². The van der Waals surface area contributed by atoms with E-state index in [-0.39, 0.29) is 31.0 Å². The number of amidine groups is 1. The number of aliphatic carboxylic acids is 1. The predicted octanol–water partition coefficient (Wildman–Crippen LogP) is 3.83. The number of allylic oxidation sites excluding steroid dienone is 2. The minimum Gasteiger partial charge on any atom is -0.481 e. The Hall–Kier alpha value is -3.20. The van der Waals surface area contributed by atoms with Gasteiger partial charge >= 0.3 is 5.97 Å². The summed E-state index contributed by atoms with van der Waals surface area (Å²) in [4.78, 5) is 33.2. The van der Waals surface area contributed by atoms with Gasteiger partial charge in [0, 0.05) is 56.6 Å². The number of carbonyl (C=O) groups is 1. The van der Waals surface area contributed by atoms with Crippen LogP contribution in [0.1, 0.15) is 38.7 Å². The van der Waals surface area contributed by atoms with Crippen LogP contribution in [-0.4, -0.2) is 82.9 Å². The molecule has 206 valence electrons. The number of piperidine rings is 1. The smallest absolute Gasteiger partial charge is 0.303 e. The molecule has 1 aromatic heterocycles. The van der Waals surface area contributed by atoms with Crippen molar-refractivity contribution in [3.63, 3.8) is 0 Å². The Morgan fingerprint density at radius 1 is 1.24 bits per heavy atom. The lowest BCUT2D eigenvalue weighted by atomic mass is 9.94. The third kappa shape index (κ3) is 7.90. The first-order chi connectivity index (χ1) is 18.2. The molecule has 1 aromatic rings. The number of rotatable bonds is 6. The molecule has 0 bridgehead atoms. The summed E-state index contributed by atoms with van der Waals surface area (Å²) in [6.45, 7) is 6.44. The van der Waals surface area contributed by atoms with Crippen LogP contribution in [-0.2, 0) is 4.79 Å². The van der Waals surface area contributed by atoms with E-state index in [0.717, 1.165) is 37.2 Å². The van der Waals surface area contributed by atoms with E-state index in [4.69, 9.17) is 5.11 Å². The number of hydrogen-bond acceptors (Lipinski definition) is 8. The van der Waals surface area contributed by atoms with Crippen molar-refractivity contribution >= 4 is 38.4 Å². The van der Waals surface area contributed by atoms with E-state index in [1.54, 1.807) is 33.9 Å². The van der Waals surface area contributed by atoms with Crippen LogP contribution in [0.3, 0.4) is 0 Å². The fourth-order valence-corrected chi connectivity index (χ4v) is 4.58. The molecule has 2 N–H and O–H groups in total. The fraction of sp³-hybridized carbons (Fsp3) is 0.500. The maximum atomic E-state index is 13.7. The van der Waals surface area contributed by atoms with Gasteiger partial charge in [-0.25, -0.2) is 9.97 Å². The van der Waals surface area contributed by atoms with Crippen molar-refractivity contribution in [3.8, 4) is 0 Å². The SMILES string of the molecule is CC.CN1CC(C2=NC/C=C\C(C(F)(F)P)=C/CN2)=NC=C1c1cnc(N2CCC(CC(=O)O)CC2)nc1. The summed E-state index contributed by atoms with van der Waals surface area (Å²) in [6, 6.07) is 0. The molecule has 0 aromatic carbocycles. The zero-order valence-electron chi connectivity index (χ0n) is 22.1. The van der Waals surface area contributed by atoms with Gasteiger partial charge in [-0.15, -0.1) is 0 Å². The van der Waals surface area contributed by atoms with Crippen molar-refractivity contribution in [2.24, 2.45) is 15.9 Å². The summed E-state index contributed by atoms with van der Waals surface area (Å²) < 4.78 is 27.3. The minimum atomic E-state index is -2.99. The lowest BCUT2D eigenvalue weighted by Gasteiger charge is -2.31. The first-order valence-electron chi connectivity index (χ1n) is 12.8. The average Bonchev–Trinajstić information content (AvgIpc) is 3.02. The zero-order chi connectivity index (χ0) is 27.7. The van der Waals surface area contributed by atoms with Gasteiger partial charge < -0.3 is 20.2 Å². The largest absolute Gasteiger partial charge is 0.481 e. The first kappa shape index (κ1) is 29.4. The summed E-state index contributed by atoms with van der Waals surface area (Å²) in [7, 11) is 3.49. The molecule has 0 saturated carbocycles. The summed E-state index contributed by atoms with van der Waals surface area (Å²) >= 11 is 0. The number of anilines is 1. The van der Waals surface area contributed by atoms with Crippen molar-refractivity contribution in [2.75, 3.05) is 44.7 Å².